The molecule has 1 rings (SSSR count). The molecule has 0 aliphatic carbocycles. The summed E-state index contributed by atoms with van der Waals surface area (Å²) in [6.07, 6.45) is 5.14. The topological polar surface area (TPSA) is 49.3 Å². The van der Waals surface area contributed by atoms with E-state index >= 15 is 0 Å². The van der Waals surface area contributed by atoms with Crippen molar-refractivity contribution in [3.8, 4) is 12.3 Å². The Morgan fingerprint density at radius 3 is 2.78 bits per heavy atom. The molecule has 1 aromatic rings. The Bertz CT molecular complexity index is 400. The molecule has 3 nitrogen and oxygen atoms in total. The Morgan fingerprint density at radius 2 is 2.17 bits per heavy atom. The summed E-state index contributed by atoms with van der Waals surface area (Å²) in [4.78, 5) is 11.2. The maximum atomic E-state index is 11.2. The number of carboxylic acids is 1. The summed E-state index contributed by atoms with van der Waals surface area (Å²) in [6.45, 7) is 1.21. The highest BCUT2D eigenvalue weighted by atomic mass is 32.2. The molecule has 0 aliphatic heterocycles. The number of nitrogens with one attached hydrogen (secondary N) is 1. The summed E-state index contributed by atoms with van der Waals surface area (Å²) in [6, 6.07) is 9.27. The molecule has 1 aromatic carbocycles. The molecule has 0 amide bonds. The molecule has 18 heavy (non-hydrogen) atoms. The van der Waals surface area contributed by atoms with Crippen LogP contribution in [0.3, 0.4) is 0 Å². The number of rotatable bonds is 8. The zero-order valence-corrected chi connectivity index (χ0v) is 11.0. The molecular weight excluding hydrogens is 246 g/mol. The standard InChI is InChI=1S/C14H17NO2S/c1-2-9-18-10-8-15-11-13(14(16)17)12-6-4-3-5-7-12/h1,3-7,13,15H,8-11H2,(H,16,17). The minimum absolute atomic E-state index is 0.440. The maximum Gasteiger partial charge on any atom is 0.312 e. The van der Waals surface area contributed by atoms with Crippen LogP contribution < -0.4 is 5.32 Å². The molecule has 1 atom stereocenters. The molecule has 0 saturated carbocycles. The zero-order valence-electron chi connectivity index (χ0n) is 10.1. The molecule has 0 fully saturated rings. The number of hydrogen-bond donors (Lipinski definition) is 2. The smallest absolute Gasteiger partial charge is 0.312 e. The normalized spacial score (nSPS) is 11.7. The second-order valence-corrected chi connectivity index (χ2v) is 4.87. The van der Waals surface area contributed by atoms with Gasteiger partial charge in [-0.05, 0) is 5.56 Å². The second-order valence-electron chi connectivity index (χ2n) is 3.76. The first-order valence-corrected chi connectivity index (χ1v) is 6.91. The van der Waals surface area contributed by atoms with Crippen molar-refractivity contribution in [2.75, 3.05) is 24.6 Å². The van der Waals surface area contributed by atoms with Gasteiger partial charge in [-0.15, -0.1) is 18.2 Å². The van der Waals surface area contributed by atoms with Crippen molar-refractivity contribution in [1.82, 2.24) is 5.32 Å². The van der Waals surface area contributed by atoms with Crippen LogP contribution in [0, 0.1) is 12.3 Å². The third-order valence-corrected chi connectivity index (χ3v) is 3.32. The lowest BCUT2D eigenvalue weighted by atomic mass is 9.99. The average molecular weight is 263 g/mol. The quantitative estimate of drug-likeness (QED) is 0.555. The van der Waals surface area contributed by atoms with E-state index in [2.05, 4.69) is 11.2 Å². The van der Waals surface area contributed by atoms with Crippen LogP contribution in [0.25, 0.3) is 0 Å². The van der Waals surface area contributed by atoms with E-state index in [1.165, 1.54) is 0 Å². The fraction of sp³-hybridized carbons (Fsp3) is 0.357. The van der Waals surface area contributed by atoms with Crippen molar-refractivity contribution < 1.29 is 9.90 Å². The molecule has 0 radical (unpaired) electrons. The highest BCUT2D eigenvalue weighted by Crippen LogP contribution is 2.14. The number of hydrogen-bond acceptors (Lipinski definition) is 3. The van der Waals surface area contributed by atoms with Gasteiger partial charge >= 0.3 is 5.97 Å². The highest BCUT2D eigenvalue weighted by molar-refractivity contribution is 7.99. The summed E-state index contributed by atoms with van der Waals surface area (Å²) in [7, 11) is 0. The molecule has 1 unspecified atom stereocenters. The average Bonchev–Trinajstić information content (AvgIpc) is 2.38. The molecule has 0 heterocycles. The number of carboxylic acid groups (broad SMARTS) is 1. The van der Waals surface area contributed by atoms with E-state index in [-0.39, 0.29) is 0 Å². The van der Waals surface area contributed by atoms with Crippen molar-refractivity contribution in [2.24, 2.45) is 0 Å². The van der Waals surface area contributed by atoms with Crippen LogP contribution in [0.1, 0.15) is 11.5 Å². The van der Waals surface area contributed by atoms with Gasteiger partial charge in [-0.1, -0.05) is 36.3 Å². The lowest BCUT2D eigenvalue weighted by molar-refractivity contribution is -0.138. The summed E-state index contributed by atoms with van der Waals surface area (Å²) in [5.41, 5.74) is 0.828. The van der Waals surface area contributed by atoms with E-state index < -0.39 is 11.9 Å². The van der Waals surface area contributed by atoms with Gasteiger partial charge in [-0.2, -0.15) is 0 Å². The Balaban J connectivity index is 2.37. The summed E-state index contributed by atoms with van der Waals surface area (Å²) < 4.78 is 0. The van der Waals surface area contributed by atoms with Crippen molar-refractivity contribution in [2.45, 2.75) is 5.92 Å². The van der Waals surface area contributed by atoms with Gasteiger partial charge in [0.15, 0.2) is 0 Å². The van der Waals surface area contributed by atoms with Crippen molar-refractivity contribution in [3.05, 3.63) is 35.9 Å². The fourth-order valence-electron chi connectivity index (χ4n) is 1.55. The monoisotopic (exact) mass is 263 g/mol. The molecule has 0 spiro atoms. The Labute approximate surface area is 112 Å². The third-order valence-electron chi connectivity index (χ3n) is 2.46. The van der Waals surface area contributed by atoms with Crippen LogP contribution in [0.4, 0.5) is 0 Å². The van der Waals surface area contributed by atoms with Crippen LogP contribution in [0.15, 0.2) is 30.3 Å². The lowest BCUT2D eigenvalue weighted by Crippen LogP contribution is -2.28. The first-order valence-electron chi connectivity index (χ1n) is 5.75. The first kappa shape index (κ1) is 14.6. The van der Waals surface area contributed by atoms with Gasteiger partial charge in [0, 0.05) is 18.8 Å². The molecule has 0 aliphatic rings. The minimum atomic E-state index is -0.801. The van der Waals surface area contributed by atoms with Crippen LogP contribution >= 0.6 is 11.8 Å². The third kappa shape index (κ3) is 5.26. The van der Waals surface area contributed by atoms with Crippen molar-refractivity contribution >= 4 is 17.7 Å². The van der Waals surface area contributed by atoms with Crippen molar-refractivity contribution in [1.29, 1.82) is 0 Å². The van der Waals surface area contributed by atoms with E-state index in [9.17, 15) is 9.90 Å². The summed E-state index contributed by atoms with van der Waals surface area (Å²) in [5, 5.41) is 12.3. The minimum Gasteiger partial charge on any atom is -0.481 e. The summed E-state index contributed by atoms with van der Waals surface area (Å²) >= 11 is 1.66. The molecule has 2 N–H and O–H groups in total. The predicted molar refractivity (Wildman–Crippen MR) is 75.8 cm³/mol. The molecular formula is C14H17NO2S. The Morgan fingerprint density at radius 1 is 1.44 bits per heavy atom. The van der Waals surface area contributed by atoms with E-state index in [1.807, 2.05) is 30.3 Å². The largest absolute Gasteiger partial charge is 0.481 e. The van der Waals surface area contributed by atoms with Crippen LogP contribution in [0.5, 0.6) is 0 Å². The Hall–Kier alpha value is -1.44. The molecule has 0 aromatic heterocycles. The van der Waals surface area contributed by atoms with Gasteiger partial charge in [0.05, 0.1) is 11.7 Å². The molecule has 96 valence electrons. The van der Waals surface area contributed by atoms with Crippen LogP contribution in [-0.4, -0.2) is 35.7 Å². The zero-order chi connectivity index (χ0) is 13.2. The van der Waals surface area contributed by atoms with Gasteiger partial charge in [-0.3, -0.25) is 4.79 Å². The fourth-order valence-corrected chi connectivity index (χ4v) is 2.11. The van der Waals surface area contributed by atoms with Crippen molar-refractivity contribution in [3.63, 3.8) is 0 Å². The van der Waals surface area contributed by atoms with E-state index in [0.29, 0.717) is 12.3 Å². The molecule has 0 saturated heterocycles. The van der Waals surface area contributed by atoms with E-state index in [4.69, 9.17) is 6.42 Å². The maximum absolute atomic E-state index is 11.2. The number of aliphatic carboxylic acids is 1. The van der Waals surface area contributed by atoms with Gasteiger partial charge in [-0.25, -0.2) is 0 Å². The van der Waals surface area contributed by atoms with Crippen LogP contribution in [0.2, 0.25) is 0 Å². The van der Waals surface area contributed by atoms with Gasteiger partial charge in [0.25, 0.3) is 0 Å². The summed E-state index contributed by atoms with van der Waals surface area (Å²) in [5.74, 6) is 2.85. The predicted octanol–water partition coefficient (Wildman–Crippen LogP) is 1.81. The number of carbonyl (C=O) groups is 1. The van der Waals surface area contributed by atoms with E-state index in [0.717, 1.165) is 17.9 Å². The first-order chi connectivity index (χ1) is 8.75. The lowest BCUT2D eigenvalue weighted by Gasteiger charge is -2.13. The van der Waals surface area contributed by atoms with Gasteiger partial charge < -0.3 is 10.4 Å². The van der Waals surface area contributed by atoms with E-state index in [1.54, 1.807) is 11.8 Å². The SMILES string of the molecule is C#CCSCCNCC(C(=O)O)c1ccccc1. The number of terminal acetylenes is 1. The number of thioether (sulfide) groups is 1. The Kier molecular flexibility index (Phi) is 7.00. The van der Waals surface area contributed by atoms with Gasteiger partial charge in [0.2, 0.25) is 0 Å². The second kappa shape index (κ2) is 8.62. The molecule has 0 bridgehead atoms. The van der Waals surface area contributed by atoms with Crippen LogP contribution in [-0.2, 0) is 4.79 Å². The van der Waals surface area contributed by atoms with Gasteiger partial charge in [0.1, 0.15) is 0 Å². The highest BCUT2D eigenvalue weighted by Gasteiger charge is 2.18. The molecule has 4 heteroatoms. The number of benzene rings is 1.